The number of pyridine rings is 1. The van der Waals surface area contributed by atoms with Gasteiger partial charge in [-0.2, -0.15) is 0 Å². The van der Waals surface area contributed by atoms with E-state index in [4.69, 9.17) is 17.0 Å². The van der Waals surface area contributed by atoms with Gasteiger partial charge in [-0.3, -0.25) is 4.98 Å². The van der Waals surface area contributed by atoms with E-state index in [1.807, 2.05) is 18.3 Å². The summed E-state index contributed by atoms with van der Waals surface area (Å²) in [7, 11) is 0. The molecule has 5 nitrogen and oxygen atoms in total. The third-order valence-corrected chi connectivity index (χ3v) is 5.65. The van der Waals surface area contributed by atoms with Crippen LogP contribution < -0.4 is 5.32 Å². The highest BCUT2D eigenvalue weighted by Crippen LogP contribution is 2.39. The van der Waals surface area contributed by atoms with Gasteiger partial charge in [-0.15, -0.1) is 0 Å². The van der Waals surface area contributed by atoms with Crippen LogP contribution in [0.25, 0.3) is 0 Å². The number of aromatic nitrogens is 2. The Morgan fingerprint density at radius 1 is 1.35 bits per heavy atom. The van der Waals surface area contributed by atoms with E-state index in [0.29, 0.717) is 6.04 Å². The van der Waals surface area contributed by atoms with E-state index in [2.05, 4.69) is 58.1 Å². The van der Waals surface area contributed by atoms with E-state index >= 15 is 0 Å². The first kappa shape index (κ1) is 17.5. The molecule has 2 aromatic heterocycles. The zero-order valence-corrected chi connectivity index (χ0v) is 16.2. The van der Waals surface area contributed by atoms with Gasteiger partial charge in [-0.25, -0.2) is 0 Å². The van der Waals surface area contributed by atoms with Crippen molar-refractivity contribution < 1.29 is 4.74 Å². The number of rotatable bonds is 5. The van der Waals surface area contributed by atoms with Crippen molar-refractivity contribution in [3.63, 3.8) is 0 Å². The molecule has 1 N–H and O–H groups in total. The largest absolute Gasteiger partial charge is 0.376 e. The highest BCUT2D eigenvalue weighted by molar-refractivity contribution is 7.80. The summed E-state index contributed by atoms with van der Waals surface area (Å²) in [5, 5.41) is 4.30. The second-order valence-corrected chi connectivity index (χ2v) is 7.79. The van der Waals surface area contributed by atoms with Gasteiger partial charge in [-0.1, -0.05) is 6.07 Å². The summed E-state index contributed by atoms with van der Waals surface area (Å²) in [6.45, 7) is 6.08. The Balaban J connectivity index is 1.68. The van der Waals surface area contributed by atoms with Crippen LogP contribution in [0.3, 0.4) is 0 Å². The third-order valence-electron chi connectivity index (χ3n) is 5.30. The van der Waals surface area contributed by atoms with Gasteiger partial charge >= 0.3 is 0 Å². The van der Waals surface area contributed by atoms with Gasteiger partial charge < -0.3 is 19.5 Å². The van der Waals surface area contributed by atoms with Crippen LogP contribution >= 0.6 is 12.2 Å². The van der Waals surface area contributed by atoms with Crippen molar-refractivity contribution in [1.82, 2.24) is 19.8 Å². The molecule has 0 amide bonds. The minimum absolute atomic E-state index is 0.0492. The minimum atomic E-state index is 0.0492. The third kappa shape index (κ3) is 3.35. The Morgan fingerprint density at radius 3 is 2.88 bits per heavy atom. The Kier molecular flexibility index (Phi) is 4.96. The van der Waals surface area contributed by atoms with Crippen molar-refractivity contribution in [2.24, 2.45) is 0 Å². The van der Waals surface area contributed by atoms with E-state index in [1.54, 1.807) is 0 Å². The summed E-state index contributed by atoms with van der Waals surface area (Å²) < 4.78 is 8.13. The molecule has 2 aliphatic heterocycles. The number of thiocarbonyl (C=S) groups is 1. The molecule has 2 fully saturated rings. The summed E-state index contributed by atoms with van der Waals surface area (Å²) >= 11 is 5.71. The maximum Gasteiger partial charge on any atom is 0.170 e. The van der Waals surface area contributed by atoms with Gasteiger partial charge in [0.15, 0.2) is 5.11 Å². The molecule has 0 saturated carbocycles. The molecule has 6 heteroatoms. The normalized spacial score (nSPS) is 25.9. The van der Waals surface area contributed by atoms with Gasteiger partial charge in [0.25, 0.3) is 0 Å². The second kappa shape index (κ2) is 7.37. The molecule has 0 spiro atoms. The number of ether oxygens (including phenoxy) is 1. The number of hydrogen-bond donors (Lipinski definition) is 1. The van der Waals surface area contributed by atoms with E-state index < -0.39 is 0 Å². The molecule has 2 aliphatic rings. The lowest BCUT2D eigenvalue weighted by atomic mass is 9.99. The van der Waals surface area contributed by atoms with E-state index in [-0.39, 0.29) is 18.2 Å². The number of nitrogens with zero attached hydrogens (tertiary/aromatic N) is 3. The second-order valence-electron chi connectivity index (χ2n) is 7.40. The zero-order chi connectivity index (χ0) is 18.1. The summed E-state index contributed by atoms with van der Waals surface area (Å²) in [5.41, 5.74) is 2.28. The molecule has 0 aliphatic carbocycles. The van der Waals surface area contributed by atoms with Crippen LogP contribution in [0.1, 0.15) is 56.1 Å². The van der Waals surface area contributed by atoms with Crippen LogP contribution in [-0.2, 0) is 4.74 Å². The molecule has 3 unspecified atom stereocenters. The molecule has 3 atom stereocenters. The van der Waals surface area contributed by atoms with Crippen molar-refractivity contribution in [3.05, 3.63) is 54.1 Å². The fourth-order valence-electron chi connectivity index (χ4n) is 3.90. The van der Waals surface area contributed by atoms with Gasteiger partial charge in [0, 0.05) is 37.8 Å². The molecule has 138 valence electrons. The summed E-state index contributed by atoms with van der Waals surface area (Å²) in [4.78, 5) is 6.89. The van der Waals surface area contributed by atoms with Gasteiger partial charge in [0.1, 0.15) is 0 Å². The predicted molar refractivity (Wildman–Crippen MR) is 106 cm³/mol. The van der Waals surface area contributed by atoms with Crippen LogP contribution in [0.4, 0.5) is 0 Å². The van der Waals surface area contributed by atoms with Crippen molar-refractivity contribution >= 4 is 17.3 Å². The molecular formula is C20H26N4OS. The Labute approximate surface area is 160 Å². The first-order valence-corrected chi connectivity index (χ1v) is 9.81. The summed E-state index contributed by atoms with van der Waals surface area (Å²) in [6.07, 6.45) is 8.74. The lowest BCUT2D eigenvalue weighted by Gasteiger charge is -2.29. The fraction of sp³-hybridized carbons (Fsp3) is 0.500. The molecular weight excluding hydrogens is 344 g/mol. The predicted octanol–water partition coefficient (Wildman–Crippen LogP) is 3.62. The first-order valence-electron chi connectivity index (χ1n) is 9.40. The van der Waals surface area contributed by atoms with E-state index in [0.717, 1.165) is 36.8 Å². The van der Waals surface area contributed by atoms with E-state index in [9.17, 15) is 0 Å². The van der Waals surface area contributed by atoms with Crippen LogP contribution in [0.15, 0.2) is 42.9 Å². The van der Waals surface area contributed by atoms with Crippen molar-refractivity contribution in [2.45, 2.75) is 50.9 Å². The Morgan fingerprint density at radius 2 is 2.23 bits per heavy atom. The SMILES string of the molecule is CC(C)n1ccc(C2C(c3ccccn3)NC(=S)N2CC2CCCO2)c1. The number of hydrogen-bond acceptors (Lipinski definition) is 3. The van der Waals surface area contributed by atoms with Gasteiger partial charge in [0.05, 0.1) is 23.9 Å². The zero-order valence-electron chi connectivity index (χ0n) is 15.3. The van der Waals surface area contributed by atoms with Crippen molar-refractivity contribution in [2.75, 3.05) is 13.2 Å². The molecule has 0 aromatic carbocycles. The average molecular weight is 371 g/mol. The highest BCUT2D eigenvalue weighted by atomic mass is 32.1. The average Bonchev–Trinajstić information content (AvgIpc) is 3.37. The Bertz CT molecular complexity index is 754. The quantitative estimate of drug-likeness (QED) is 0.815. The molecule has 4 rings (SSSR count). The monoisotopic (exact) mass is 370 g/mol. The molecule has 0 radical (unpaired) electrons. The smallest absolute Gasteiger partial charge is 0.170 e. The number of nitrogens with one attached hydrogen (secondary N) is 1. The van der Waals surface area contributed by atoms with Crippen molar-refractivity contribution in [1.29, 1.82) is 0 Å². The lowest BCUT2D eigenvalue weighted by molar-refractivity contribution is 0.0842. The van der Waals surface area contributed by atoms with Gasteiger partial charge in [0.2, 0.25) is 0 Å². The minimum Gasteiger partial charge on any atom is -0.376 e. The first-order chi connectivity index (χ1) is 12.6. The van der Waals surface area contributed by atoms with Crippen LogP contribution in [0.2, 0.25) is 0 Å². The molecule has 2 saturated heterocycles. The lowest BCUT2D eigenvalue weighted by Crippen LogP contribution is -2.36. The topological polar surface area (TPSA) is 42.3 Å². The van der Waals surface area contributed by atoms with E-state index in [1.165, 1.54) is 5.56 Å². The molecule has 26 heavy (non-hydrogen) atoms. The summed E-state index contributed by atoms with van der Waals surface area (Å²) in [5.74, 6) is 0. The van der Waals surface area contributed by atoms with Crippen molar-refractivity contribution in [3.8, 4) is 0 Å². The highest BCUT2D eigenvalue weighted by Gasteiger charge is 2.41. The maximum atomic E-state index is 5.88. The fourth-order valence-corrected chi connectivity index (χ4v) is 4.21. The molecule has 0 bridgehead atoms. The maximum absolute atomic E-state index is 5.88. The molecule has 4 heterocycles. The van der Waals surface area contributed by atoms with Crippen LogP contribution in [0.5, 0.6) is 0 Å². The van der Waals surface area contributed by atoms with Crippen LogP contribution in [0, 0.1) is 0 Å². The van der Waals surface area contributed by atoms with Crippen LogP contribution in [-0.4, -0.2) is 38.8 Å². The standard InChI is InChI=1S/C20H26N4OS/c1-14(2)23-10-8-15(12-23)19-18(17-7-3-4-9-21-17)22-20(26)24(19)13-16-6-5-11-25-16/h3-4,7-10,12,14,16,18-19H,5-6,11,13H2,1-2H3,(H,22,26). The molecule has 2 aromatic rings. The Hall–Kier alpha value is -1.92. The summed E-state index contributed by atoms with van der Waals surface area (Å²) in [6, 6.07) is 8.87. The van der Waals surface area contributed by atoms with Gasteiger partial charge in [-0.05, 0) is 62.7 Å².